The Balaban J connectivity index is 1.73. The average Bonchev–Trinajstić information content (AvgIpc) is 2.77. The summed E-state index contributed by atoms with van der Waals surface area (Å²) in [7, 11) is 0. The number of hydrogen-bond donors (Lipinski definition) is 3. The van der Waals surface area contributed by atoms with Crippen LogP contribution in [0.2, 0.25) is 0 Å². The molecule has 4 aromatic carbocycles. The maximum Gasteiger partial charge on any atom is 0.134 e. The molecule has 32 heavy (non-hydrogen) atoms. The lowest BCUT2D eigenvalue weighted by Crippen LogP contribution is -2.10. The normalized spacial score (nSPS) is 10.7. The summed E-state index contributed by atoms with van der Waals surface area (Å²) in [5.41, 5.74) is 5.10. The van der Waals surface area contributed by atoms with Crippen LogP contribution in [0.3, 0.4) is 0 Å². The zero-order valence-electron chi connectivity index (χ0n) is 18.2. The molecule has 0 heterocycles. The van der Waals surface area contributed by atoms with Crippen molar-refractivity contribution in [1.82, 2.24) is 0 Å². The van der Waals surface area contributed by atoms with E-state index in [0.717, 1.165) is 33.8 Å². The Bertz CT molecular complexity index is 1210. The predicted molar refractivity (Wildman–Crippen MR) is 127 cm³/mol. The van der Waals surface area contributed by atoms with Gasteiger partial charge in [-0.2, -0.15) is 0 Å². The Morgan fingerprint density at radius 1 is 0.562 bits per heavy atom. The summed E-state index contributed by atoms with van der Waals surface area (Å²) in [5.74, 6) is 1.87. The highest BCUT2D eigenvalue weighted by Gasteiger charge is 2.15. The number of ether oxygens (including phenoxy) is 1. The second-order valence-corrected chi connectivity index (χ2v) is 7.82. The van der Waals surface area contributed by atoms with Crippen molar-refractivity contribution in [2.45, 2.75) is 20.8 Å². The third-order valence-electron chi connectivity index (χ3n) is 5.37. The Hall–Kier alpha value is -4.12. The van der Waals surface area contributed by atoms with Gasteiger partial charge in [0.25, 0.3) is 0 Å². The van der Waals surface area contributed by atoms with Crippen LogP contribution in [0, 0.1) is 20.8 Å². The fraction of sp³-hybridized carbons (Fsp3) is 0.111. The quantitative estimate of drug-likeness (QED) is 0.320. The van der Waals surface area contributed by atoms with Crippen molar-refractivity contribution in [2.24, 2.45) is 0 Å². The van der Waals surface area contributed by atoms with Gasteiger partial charge in [0, 0.05) is 23.1 Å². The van der Waals surface area contributed by atoms with Crippen LogP contribution in [0.1, 0.15) is 16.7 Å². The standard InChI is InChI=1S/C27H25NO4/c1-17-4-9-23(29)16-27(17)32-24-10-5-20(6-11-24)28(21-7-12-25(30)18(2)14-21)22-8-13-26(31)19(3)15-22/h4-16,29-31H,1-3H3. The molecule has 0 unspecified atom stereocenters. The van der Waals surface area contributed by atoms with Gasteiger partial charge < -0.3 is 25.0 Å². The molecular formula is C27H25NO4. The van der Waals surface area contributed by atoms with Crippen molar-refractivity contribution in [1.29, 1.82) is 0 Å². The minimum absolute atomic E-state index is 0.152. The van der Waals surface area contributed by atoms with E-state index in [1.54, 1.807) is 30.3 Å². The number of benzene rings is 4. The van der Waals surface area contributed by atoms with E-state index in [2.05, 4.69) is 0 Å². The van der Waals surface area contributed by atoms with Crippen LogP contribution in [0.25, 0.3) is 0 Å². The number of anilines is 3. The van der Waals surface area contributed by atoms with Crippen LogP contribution in [0.15, 0.2) is 78.9 Å². The molecule has 162 valence electrons. The van der Waals surface area contributed by atoms with E-state index in [-0.39, 0.29) is 17.2 Å². The molecule has 0 aliphatic heterocycles. The highest BCUT2D eigenvalue weighted by molar-refractivity contribution is 5.78. The average molecular weight is 428 g/mol. The summed E-state index contributed by atoms with van der Waals surface area (Å²) in [6, 6.07) is 23.5. The van der Waals surface area contributed by atoms with Gasteiger partial charge in [0.05, 0.1) is 0 Å². The topological polar surface area (TPSA) is 73.2 Å². The first-order valence-electron chi connectivity index (χ1n) is 10.3. The fourth-order valence-electron chi connectivity index (χ4n) is 3.49. The molecular weight excluding hydrogens is 402 g/mol. The molecule has 4 aromatic rings. The van der Waals surface area contributed by atoms with E-state index in [9.17, 15) is 15.3 Å². The zero-order chi connectivity index (χ0) is 22.8. The molecule has 0 radical (unpaired) electrons. The molecule has 0 bridgehead atoms. The summed E-state index contributed by atoms with van der Waals surface area (Å²) < 4.78 is 5.96. The van der Waals surface area contributed by atoms with Crippen molar-refractivity contribution in [3.8, 4) is 28.7 Å². The van der Waals surface area contributed by atoms with E-state index < -0.39 is 0 Å². The van der Waals surface area contributed by atoms with E-state index in [1.165, 1.54) is 0 Å². The van der Waals surface area contributed by atoms with Gasteiger partial charge in [-0.25, -0.2) is 0 Å². The van der Waals surface area contributed by atoms with Crippen molar-refractivity contribution in [3.63, 3.8) is 0 Å². The first kappa shape index (κ1) is 21.1. The molecule has 4 rings (SSSR count). The lowest BCUT2D eigenvalue weighted by molar-refractivity contribution is 0.453. The lowest BCUT2D eigenvalue weighted by atomic mass is 10.1. The first-order valence-corrected chi connectivity index (χ1v) is 10.3. The molecule has 0 aliphatic rings. The molecule has 0 atom stereocenters. The lowest BCUT2D eigenvalue weighted by Gasteiger charge is -2.26. The van der Waals surface area contributed by atoms with Gasteiger partial charge in [-0.05, 0) is 104 Å². The van der Waals surface area contributed by atoms with Crippen LogP contribution in [-0.2, 0) is 0 Å². The second-order valence-electron chi connectivity index (χ2n) is 7.82. The first-order chi connectivity index (χ1) is 15.3. The van der Waals surface area contributed by atoms with Gasteiger partial charge in [0.15, 0.2) is 0 Å². The number of nitrogens with zero attached hydrogens (tertiary/aromatic N) is 1. The van der Waals surface area contributed by atoms with Crippen LogP contribution in [0.4, 0.5) is 17.1 Å². The SMILES string of the molecule is Cc1cc(N(c2ccc(Oc3cc(O)ccc3C)cc2)c2ccc(O)c(C)c2)ccc1O. The molecule has 0 aromatic heterocycles. The van der Waals surface area contributed by atoms with Crippen molar-refractivity contribution in [2.75, 3.05) is 4.90 Å². The summed E-state index contributed by atoms with van der Waals surface area (Å²) in [4.78, 5) is 2.04. The Labute approximate surface area is 187 Å². The number of aromatic hydroxyl groups is 3. The highest BCUT2D eigenvalue weighted by atomic mass is 16.5. The Morgan fingerprint density at radius 2 is 1.09 bits per heavy atom. The molecule has 5 heteroatoms. The van der Waals surface area contributed by atoms with E-state index in [1.807, 2.05) is 74.2 Å². The van der Waals surface area contributed by atoms with Gasteiger partial charge >= 0.3 is 0 Å². The molecule has 0 saturated heterocycles. The van der Waals surface area contributed by atoms with Gasteiger partial charge in [-0.15, -0.1) is 0 Å². The number of aryl methyl sites for hydroxylation is 3. The van der Waals surface area contributed by atoms with Gasteiger partial charge in [0.2, 0.25) is 0 Å². The van der Waals surface area contributed by atoms with Crippen molar-refractivity contribution >= 4 is 17.1 Å². The minimum atomic E-state index is 0.152. The third-order valence-corrected chi connectivity index (χ3v) is 5.37. The summed E-state index contributed by atoms with van der Waals surface area (Å²) in [5, 5.41) is 29.7. The predicted octanol–water partition coefficient (Wildman–Crippen LogP) is 6.99. The van der Waals surface area contributed by atoms with E-state index in [4.69, 9.17) is 4.74 Å². The molecule has 0 aliphatic carbocycles. The molecule has 0 fully saturated rings. The monoisotopic (exact) mass is 427 g/mol. The van der Waals surface area contributed by atoms with Crippen molar-refractivity contribution < 1.29 is 20.1 Å². The summed E-state index contributed by atoms with van der Waals surface area (Å²) in [6.45, 7) is 5.63. The summed E-state index contributed by atoms with van der Waals surface area (Å²) >= 11 is 0. The number of rotatable bonds is 5. The molecule has 3 N–H and O–H groups in total. The second kappa shape index (κ2) is 8.55. The van der Waals surface area contributed by atoms with Gasteiger partial charge in [-0.1, -0.05) is 6.07 Å². The van der Waals surface area contributed by atoms with E-state index in [0.29, 0.717) is 11.5 Å². The smallest absolute Gasteiger partial charge is 0.134 e. The Kier molecular flexibility index (Phi) is 5.65. The molecule has 0 spiro atoms. The zero-order valence-corrected chi connectivity index (χ0v) is 18.2. The number of phenolic OH excluding ortho intramolecular Hbond substituents is 3. The third kappa shape index (κ3) is 4.32. The number of hydrogen-bond acceptors (Lipinski definition) is 5. The van der Waals surface area contributed by atoms with Crippen LogP contribution >= 0.6 is 0 Å². The van der Waals surface area contributed by atoms with E-state index >= 15 is 0 Å². The maximum absolute atomic E-state index is 9.98. The highest BCUT2D eigenvalue weighted by Crippen LogP contribution is 2.39. The fourth-order valence-corrected chi connectivity index (χ4v) is 3.49. The minimum Gasteiger partial charge on any atom is -0.508 e. The molecule has 5 nitrogen and oxygen atoms in total. The van der Waals surface area contributed by atoms with Crippen LogP contribution < -0.4 is 9.64 Å². The Morgan fingerprint density at radius 3 is 1.62 bits per heavy atom. The largest absolute Gasteiger partial charge is 0.508 e. The number of phenols is 3. The maximum atomic E-state index is 9.98. The van der Waals surface area contributed by atoms with Crippen LogP contribution in [0.5, 0.6) is 28.7 Å². The van der Waals surface area contributed by atoms with Crippen LogP contribution in [-0.4, -0.2) is 15.3 Å². The summed E-state index contributed by atoms with van der Waals surface area (Å²) in [6.07, 6.45) is 0. The molecule has 0 amide bonds. The molecule has 0 saturated carbocycles. The van der Waals surface area contributed by atoms with Crippen molar-refractivity contribution in [3.05, 3.63) is 95.6 Å². The van der Waals surface area contributed by atoms with Gasteiger partial charge in [0.1, 0.15) is 28.7 Å². The van der Waals surface area contributed by atoms with Gasteiger partial charge in [-0.3, -0.25) is 0 Å².